The van der Waals surface area contributed by atoms with Gasteiger partial charge in [0.05, 0.1) is 22.6 Å². The second-order valence-corrected chi connectivity index (χ2v) is 6.54. The molecule has 2 rings (SSSR count). The Labute approximate surface area is 149 Å². The molecule has 0 aromatic heterocycles. The first-order valence-corrected chi connectivity index (χ1v) is 8.83. The molecule has 4 N–H and O–H groups in total. The first-order chi connectivity index (χ1) is 12.2. The third-order valence-electron chi connectivity index (χ3n) is 3.21. The summed E-state index contributed by atoms with van der Waals surface area (Å²) in [7, 11) is -4.07. The Morgan fingerprint density at radius 2 is 2.12 bits per heavy atom. The maximum absolute atomic E-state index is 11.3. The predicted octanol–water partition coefficient (Wildman–Crippen LogP) is 1.79. The van der Waals surface area contributed by atoms with Crippen molar-refractivity contribution in [2.45, 2.75) is 11.8 Å². The molecule has 2 aromatic rings. The lowest BCUT2D eigenvalue weighted by Crippen LogP contribution is -2.12. The average molecular weight is 380 g/mol. The van der Waals surface area contributed by atoms with Gasteiger partial charge in [-0.2, -0.15) is 5.10 Å². The third kappa shape index (κ3) is 4.46. The van der Waals surface area contributed by atoms with Gasteiger partial charge >= 0.3 is 0 Å². The van der Waals surface area contributed by atoms with Gasteiger partial charge in [-0.1, -0.05) is 6.07 Å². The number of nitro groups is 1. The highest BCUT2D eigenvalue weighted by Crippen LogP contribution is 2.29. The largest absolute Gasteiger partial charge is 0.504 e. The van der Waals surface area contributed by atoms with Gasteiger partial charge in [0.15, 0.2) is 11.5 Å². The molecule has 0 spiro atoms. The van der Waals surface area contributed by atoms with E-state index in [1.165, 1.54) is 12.3 Å². The number of nitro benzene ring substituents is 1. The number of benzene rings is 2. The molecular formula is C15H16N4O6S. The van der Waals surface area contributed by atoms with E-state index in [-0.39, 0.29) is 22.1 Å². The summed E-state index contributed by atoms with van der Waals surface area (Å²) < 4.78 is 27.9. The quantitative estimate of drug-likeness (QED) is 0.375. The zero-order chi connectivity index (χ0) is 19.3. The Hall–Kier alpha value is -3.18. The van der Waals surface area contributed by atoms with Crippen LogP contribution in [0.15, 0.2) is 46.4 Å². The SMILES string of the molecule is CCOc1cccc(C=NNc2ccc(S(N)(=O)=O)cc2[N+](=O)[O-])c1O. The monoisotopic (exact) mass is 380 g/mol. The van der Waals surface area contributed by atoms with Crippen molar-refractivity contribution in [3.63, 3.8) is 0 Å². The lowest BCUT2D eigenvalue weighted by molar-refractivity contribution is -0.384. The number of sulfonamides is 1. The van der Waals surface area contributed by atoms with E-state index in [2.05, 4.69) is 10.5 Å². The number of phenols is 1. The molecule has 0 saturated heterocycles. The van der Waals surface area contributed by atoms with Crippen LogP contribution in [0.5, 0.6) is 11.5 Å². The first kappa shape index (κ1) is 19.1. The zero-order valence-corrected chi connectivity index (χ0v) is 14.4. The zero-order valence-electron chi connectivity index (χ0n) is 13.6. The van der Waals surface area contributed by atoms with Crippen molar-refractivity contribution in [3.8, 4) is 11.5 Å². The van der Waals surface area contributed by atoms with Crippen molar-refractivity contribution >= 4 is 27.6 Å². The summed E-state index contributed by atoms with van der Waals surface area (Å²) in [5.74, 6) is 0.152. The molecule has 0 aliphatic rings. The van der Waals surface area contributed by atoms with Gasteiger partial charge in [0, 0.05) is 11.6 Å². The Kier molecular flexibility index (Phi) is 5.75. The van der Waals surface area contributed by atoms with Gasteiger partial charge in [0.1, 0.15) is 5.69 Å². The Morgan fingerprint density at radius 3 is 2.73 bits per heavy atom. The molecule has 0 bridgehead atoms. The fourth-order valence-corrected chi connectivity index (χ4v) is 2.55. The maximum atomic E-state index is 11.3. The van der Waals surface area contributed by atoms with E-state index in [1.807, 2.05) is 0 Å². The van der Waals surface area contributed by atoms with Crippen LogP contribution in [0.1, 0.15) is 12.5 Å². The van der Waals surface area contributed by atoms with Gasteiger partial charge in [-0.25, -0.2) is 13.6 Å². The number of nitrogens with zero attached hydrogens (tertiary/aromatic N) is 2. The molecule has 0 saturated carbocycles. The maximum Gasteiger partial charge on any atom is 0.295 e. The third-order valence-corrected chi connectivity index (χ3v) is 4.12. The smallest absolute Gasteiger partial charge is 0.295 e. The van der Waals surface area contributed by atoms with Gasteiger partial charge in [-0.15, -0.1) is 0 Å². The summed E-state index contributed by atoms with van der Waals surface area (Å²) in [6.45, 7) is 2.14. The van der Waals surface area contributed by atoms with Crippen LogP contribution in [0.3, 0.4) is 0 Å². The number of para-hydroxylation sites is 1. The van der Waals surface area contributed by atoms with E-state index in [0.29, 0.717) is 12.2 Å². The van der Waals surface area contributed by atoms with E-state index in [1.54, 1.807) is 25.1 Å². The van der Waals surface area contributed by atoms with E-state index in [0.717, 1.165) is 12.1 Å². The highest BCUT2D eigenvalue weighted by molar-refractivity contribution is 7.89. The topological polar surface area (TPSA) is 157 Å². The van der Waals surface area contributed by atoms with Crippen LogP contribution in [0, 0.1) is 10.1 Å². The van der Waals surface area contributed by atoms with Crippen LogP contribution in [0.25, 0.3) is 0 Å². The number of hydrazone groups is 1. The summed E-state index contributed by atoms with van der Waals surface area (Å²) in [4.78, 5) is 9.97. The van der Waals surface area contributed by atoms with Gasteiger partial charge in [0.25, 0.3) is 5.69 Å². The van der Waals surface area contributed by atoms with Gasteiger partial charge < -0.3 is 9.84 Å². The van der Waals surface area contributed by atoms with E-state index >= 15 is 0 Å². The molecule has 0 radical (unpaired) electrons. The lowest BCUT2D eigenvalue weighted by Gasteiger charge is -2.07. The van der Waals surface area contributed by atoms with Crippen LogP contribution in [0.2, 0.25) is 0 Å². The number of phenolic OH excluding ortho intramolecular Hbond substituents is 1. The molecule has 0 amide bonds. The number of nitrogens with one attached hydrogen (secondary N) is 1. The van der Waals surface area contributed by atoms with Crippen LogP contribution in [-0.2, 0) is 10.0 Å². The van der Waals surface area contributed by atoms with Crippen molar-refractivity contribution in [1.29, 1.82) is 0 Å². The van der Waals surface area contributed by atoms with Crippen molar-refractivity contribution in [2.24, 2.45) is 10.2 Å². The van der Waals surface area contributed by atoms with Crippen molar-refractivity contribution in [1.82, 2.24) is 0 Å². The second-order valence-electron chi connectivity index (χ2n) is 4.98. The molecule has 138 valence electrons. The lowest BCUT2D eigenvalue weighted by atomic mass is 10.2. The van der Waals surface area contributed by atoms with Gasteiger partial charge in [-0.3, -0.25) is 15.5 Å². The summed E-state index contributed by atoms with van der Waals surface area (Å²) in [5.41, 5.74) is 2.21. The van der Waals surface area contributed by atoms with Crippen molar-refractivity contribution < 1.29 is 23.2 Å². The number of hydrogen-bond donors (Lipinski definition) is 3. The molecule has 0 atom stereocenters. The van der Waals surface area contributed by atoms with Crippen LogP contribution in [-0.4, -0.2) is 31.3 Å². The minimum atomic E-state index is -4.07. The number of aromatic hydroxyl groups is 1. The summed E-state index contributed by atoms with van der Waals surface area (Å²) in [5, 5.41) is 30.0. The Bertz CT molecular complexity index is 959. The van der Waals surface area contributed by atoms with Gasteiger partial charge in [-0.05, 0) is 31.2 Å². The number of hydrogen-bond acceptors (Lipinski definition) is 8. The molecule has 11 heteroatoms. The molecule has 2 aromatic carbocycles. The summed E-state index contributed by atoms with van der Waals surface area (Å²) in [6.07, 6.45) is 1.25. The standard InChI is InChI=1S/C15H16N4O6S/c1-2-25-14-5-3-4-10(15(14)20)9-17-18-12-7-6-11(26(16,23)24)8-13(12)19(21)22/h3-9,18,20H,2H2,1H3,(H2,16,23,24). The highest BCUT2D eigenvalue weighted by Gasteiger charge is 2.18. The molecule has 0 heterocycles. The first-order valence-electron chi connectivity index (χ1n) is 7.29. The van der Waals surface area contributed by atoms with Crippen LogP contribution >= 0.6 is 0 Å². The second kappa shape index (κ2) is 7.80. The molecule has 0 fully saturated rings. The normalized spacial score (nSPS) is 11.5. The van der Waals surface area contributed by atoms with Crippen LogP contribution < -0.4 is 15.3 Å². The number of rotatable bonds is 7. The highest BCUT2D eigenvalue weighted by atomic mass is 32.2. The van der Waals surface area contributed by atoms with E-state index in [4.69, 9.17) is 9.88 Å². The summed E-state index contributed by atoms with van der Waals surface area (Å²) in [6, 6.07) is 7.93. The molecule has 0 unspecified atom stereocenters. The molecule has 26 heavy (non-hydrogen) atoms. The number of nitrogens with two attached hydrogens (primary N) is 1. The summed E-state index contributed by atoms with van der Waals surface area (Å²) >= 11 is 0. The molecule has 0 aliphatic carbocycles. The average Bonchev–Trinajstić information content (AvgIpc) is 2.57. The Balaban J connectivity index is 2.28. The van der Waals surface area contributed by atoms with Crippen LogP contribution in [0.4, 0.5) is 11.4 Å². The van der Waals surface area contributed by atoms with Crippen molar-refractivity contribution in [3.05, 3.63) is 52.1 Å². The van der Waals surface area contributed by atoms with E-state index in [9.17, 15) is 23.6 Å². The number of primary sulfonamides is 1. The van der Waals surface area contributed by atoms with Gasteiger partial charge in [0.2, 0.25) is 10.0 Å². The van der Waals surface area contributed by atoms with E-state index < -0.39 is 20.6 Å². The minimum Gasteiger partial charge on any atom is -0.504 e. The molecular weight excluding hydrogens is 364 g/mol. The Morgan fingerprint density at radius 1 is 1.38 bits per heavy atom. The fraction of sp³-hybridized carbons (Fsp3) is 0.133. The number of ether oxygens (including phenoxy) is 1. The molecule has 0 aliphatic heterocycles. The predicted molar refractivity (Wildman–Crippen MR) is 95.0 cm³/mol. The number of anilines is 1. The van der Waals surface area contributed by atoms with Crippen molar-refractivity contribution in [2.75, 3.05) is 12.0 Å². The molecule has 10 nitrogen and oxygen atoms in total. The fourth-order valence-electron chi connectivity index (χ4n) is 2.02. The minimum absolute atomic E-state index is 0.0425.